The Morgan fingerprint density at radius 2 is 1.90 bits per heavy atom. The van der Waals surface area contributed by atoms with Crippen molar-refractivity contribution in [1.82, 2.24) is 19.9 Å². The molecule has 1 atom stereocenters. The fourth-order valence-electron chi connectivity index (χ4n) is 3.62. The number of pyridine rings is 1. The number of amides is 1. The number of aromatic nitrogens is 3. The number of hydrogen-bond donors (Lipinski definition) is 1. The van der Waals surface area contributed by atoms with Gasteiger partial charge in [0, 0.05) is 18.9 Å². The average Bonchev–Trinajstić information content (AvgIpc) is 3.17. The number of carbonyl (C=O) groups excluding carboxylic acids is 1. The van der Waals surface area contributed by atoms with Crippen molar-refractivity contribution in [2.75, 3.05) is 6.61 Å². The maximum atomic E-state index is 12.6. The third kappa shape index (κ3) is 4.74. The standard InChI is InChI=1S/C25H26N4O2/c1-18-9-3-6-13-23(18)31-16-8-15-29-22-12-5-4-11-21(22)28-24(29)19(2)27-25(30)20-10-7-14-26-17-20/h3-7,9-14,17,19H,8,15-16H2,1-2H3,(H,27,30). The van der Waals surface area contributed by atoms with E-state index in [1.54, 1.807) is 24.5 Å². The normalized spacial score (nSPS) is 11.9. The number of carbonyl (C=O) groups is 1. The summed E-state index contributed by atoms with van der Waals surface area (Å²) in [5.74, 6) is 1.58. The van der Waals surface area contributed by atoms with Crippen LogP contribution in [0.2, 0.25) is 0 Å². The first-order valence-electron chi connectivity index (χ1n) is 10.5. The van der Waals surface area contributed by atoms with Gasteiger partial charge in [-0.3, -0.25) is 9.78 Å². The lowest BCUT2D eigenvalue weighted by Crippen LogP contribution is -2.29. The highest BCUT2D eigenvalue weighted by atomic mass is 16.5. The molecule has 0 bridgehead atoms. The second-order valence-electron chi connectivity index (χ2n) is 7.51. The minimum atomic E-state index is -0.252. The van der Waals surface area contributed by atoms with Crippen LogP contribution in [-0.2, 0) is 6.54 Å². The van der Waals surface area contributed by atoms with Crippen molar-refractivity contribution in [3.63, 3.8) is 0 Å². The summed E-state index contributed by atoms with van der Waals surface area (Å²) < 4.78 is 8.13. The van der Waals surface area contributed by atoms with Crippen LogP contribution in [0.4, 0.5) is 0 Å². The van der Waals surface area contributed by atoms with Crippen LogP contribution in [0.1, 0.15) is 41.1 Å². The molecule has 1 amide bonds. The average molecular weight is 415 g/mol. The summed E-state index contributed by atoms with van der Waals surface area (Å²) in [4.78, 5) is 21.4. The van der Waals surface area contributed by atoms with E-state index in [-0.39, 0.29) is 11.9 Å². The van der Waals surface area contributed by atoms with Gasteiger partial charge in [0.15, 0.2) is 0 Å². The number of nitrogens with zero attached hydrogens (tertiary/aromatic N) is 3. The van der Waals surface area contributed by atoms with E-state index in [4.69, 9.17) is 9.72 Å². The van der Waals surface area contributed by atoms with Gasteiger partial charge in [0.2, 0.25) is 0 Å². The van der Waals surface area contributed by atoms with Gasteiger partial charge < -0.3 is 14.6 Å². The van der Waals surface area contributed by atoms with Gasteiger partial charge in [0.25, 0.3) is 5.91 Å². The molecule has 0 aliphatic rings. The van der Waals surface area contributed by atoms with E-state index in [1.807, 2.05) is 56.3 Å². The van der Waals surface area contributed by atoms with E-state index in [1.165, 1.54) is 0 Å². The molecule has 6 nitrogen and oxygen atoms in total. The summed E-state index contributed by atoms with van der Waals surface area (Å²) in [6, 6.07) is 19.3. The summed E-state index contributed by atoms with van der Waals surface area (Å²) in [6.07, 6.45) is 4.04. The van der Waals surface area contributed by atoms with Crippen LogP contribution in [0.5, 0.6) is 5.75 Å². The molecule has 2 heterocycles. The monoisotopic (exact) mass is 414 g/mol. The molecule has 0 aliphatic heterocycles. The molecule has 0 radical (unpaired) electrons. The van der Waals surface area contributed by atoms with Crippen LogP contribution in [0, 0.1) is 6.92 Å². The molecule has 0 fully saturated rings. The number of rotatable bonds is 8. The molecule has 0 saturated carbocycles. The summed E-state index contributed by atoms with van der Waals surface area (Å²) in [5, 5.41) is 3.04. The third-order valence-corrected chi connectivity index (χ3v) is 5.22. The molecule has 2 aromatic heterocycles. The molecule has 0 spiro atoms. The first kappa shape index (κ1) is 20.6. The molecule has 4 aromatic rings. The van der Waals surface area contributed by atoms with Crippen LogP contribution in [0.3, 0.4) is 0 Å². The van der Waals surface area contributed by atoms with Crippen LogP contribution in [0.15, 0.2) is 73.1 Å². The highest BCUT2D eigenvalue weighted by Crippen LogP contribution is 2.22. The maximum Gasteiger partial charge on any atom is 0.253 e. The van der Waals surface area contributed by atoms with Crippen LogP contribution < -0.4 is 10.1 Å². The zero-order valence-corrected chi connectivity index (χ0v) is 17.8. The Bertz CT molecular complexity index is 1170. The van der Waals surface area contributed by atoms with Gasteiger partial charge in [-0.15, -0.1) is 0 Å². The van der Waals surface area contributed by atoms with E-state index in [2.05, 4.69) is 20.9 Å². The van der Waals surface area contributed by atoms with E-state index < -0.39 is 0 Å². The first-order valence-corrected chi connectivity index (χ1v) is 10.5. The van der Waals surface area contributed by atoms with Gasteiger partial charge in [0.05, 0.1) is 29.2 Å². The van der Waals surface area contributed by atoms with Gasteiger partial charge in [-0.2, -0.15) is 0 Å². The van der Waals surface area contributed by atoms with Crippen molar-refractivity contribution in [3.05, 3.63) is 90.0 Å². The lowest BCUT2D eigenvalue weighted by Gasteiger charge is -2.17. The Morgan fingerprint density at radius 3 is 2.71 bits per heavy atom. The summed E-state index contributed by atoms with van der Waals surface area (Å²) in [6.45, 7) is 5.35. The number of para-hydroxylation sites is 3. The molecule has 1 N–H and O–H groups in total. The highest BCUT2D eigenvalue weighted by molar-refractivity contribution is 5.94. The third-order valence-electron chi connectivity index (χ3n) is 5.22. The van der Waals surface area contributed by atoms with E-state index in [0.717, 1.165) is 41.1 Å². The number of nitrogens with one attached hydrogen (secondary N) is 1. The first-order chi connectivity index (χ1) is 15.1. The van der Waals surface area contributed by atoms with Crippen molar-refractivity contribution in [2.45, 2.75) is 32.9 Å². The van der Waals surface area contributed by atoms with Crippen molar-refractivity contribution in [3.8, 4) is 5.75 Å². The minimum absolute atomic E-state index is 0.165. The Kier molecular flexibility index (Phi) is 6.26. The second kappa shape index (κ2) is 9.43. The van der Waals surface area contributed by atoms with Crippen LogP contribution in [-0.4, -0.2) is 27.0 Å². The predicted molar refractivity (Wildman–Crippen MR) is 121 cm³/mol. The lowest BCUT2D eigenvalue weighted by molar-refractivity contribution is 0.0937. The fourth-order valence-corrected chi connectivity index (χ4v) is 3.62. The van der Waals surface area contributed by atoms with Gasteiger partial charge in [0.1, 0.15) is 11.6 Å². The molecular formula is C25H26N4O2. The molecule has 31 heavy (non-hydrogen) atoms. The predicted octanol–water partition coefficient (Wildman–Crippen LogP) is 4.70. The Labute approximate surface area is 181 Å². The van der Waals surface area contributed by atoms with Crippen molar-refractivity contribution < 1.29 is 9.53 Å². The molecule has 4 rings (SSSR count). The Morgan fingerprint density at radius 1 is 1.10 bits per heavy atom. The maximum absolute atomic E-state index is 12.6. The molecule has 2 aromatic carbocycles. The summed E-state index contributed by atoms with van der Waals surface area (Å²) in [7, 11) is 0. The molecular weight excluding hydrogens is 388 g/mol. The second-order valence-corrected chi connectivity index (χ2v) is 7.51. The zero-order valence-electron chi connectivity index (χ0n) is 17.8. The van der Waals surface area contributed by atoms with E-state index in [0.29, 0.717) is 12.2 Å². The quantitative estimate of drug-likeness (QED) is 0.424. The van der Waals surface area contributed by atoms with Crippen molar-refractivity contribution >= 4 is 16.9 Å². The Hall–Kier alpha value is -3.67. The number of benzene rings is 2. The van der Waals surface area contributed by atoms with Crippen molar-refractivity contribution in [1.29, 1.82) is 0 Å². The zero-order chi connectivity index (χ0) is 21.6. The molecule has 158 valence electrons. The number of fused-ring (bicyclic) bond motifs is 1. The van der Waals surface area contributed by atoms with Crippen molar-refractivity contribution in [2.24, 2.45) is 0 Å². The largest absolute Gasteiger partial charge is 0.493 e. The minimum Gasteiger partial charge on any atom is -0.493 e. The Balaban J connectivity index is 1.49. The summed E-state index contributed by atoms with van der Waals surface area (Å²) >= 11 is 0. The van der Waals surface area contributed by atoms with Gasteiger partial charge in [-0.05, 0) is 56.2 Å². The number of aryl methyl sites for hydroxylation is 2. The lowest BCUT2D eigenvalue weighted by atomic mass is 10.2. The van der Waals surface area contributed by atoms with Gasteiger partial charge in [-0.1, -0.05) is 30.3 Å². The number of hydrogen-bond acceptors (Lipinski definition) is 4. The topological polar surface area (TPSA) is 69.0 Å². The van der Waals surface area contributed by atoms with Crippen LogP contribution in [0.25, 0.3) is 11.0 Å². The van der Waals surface area contributed by atoms with Crippen LogP contribution >= 0.6 is 0 Å². The number of ether oxygens (including phenoxy) is 1. The summed E-state index contributed by atoms with van der Waals surface area (Å²) in [5.41, 5.74) is 3.63. The number of imidazole rings is 1. The molecule has 0 saturated heterocycles. The molecule has 6 heteroatoms. The molecule has 1 unspecified atom stereocenters. The van der Waals surface area contributed by atoms with Gasteiger partial charge >= 0.3 is 0 Å². The highest BCUT2D eigenvalue weighted by Gasteiger charge is 2.19. The van der Waals surface area contributed by atoms with E-state index in [9.17, 15) is 4.79 Å². The fraction of sp³-hybridized carbons (Fsp3) is 0.240. The SMILES string of the molecule is Cc1ccccc1OCCCn1c(C(C)NC(=O)c2cccnc2)nc2ccccc21. The van der Waals surface area contributed by atoms with E-state index >= 15 is 0 Å². The van der Waals surface area contributed by atoms with Gasteiger partial charge in [-0.25, -0.2) is 4.98 Å². The smallest absolute Gasteiger partial charge is 0.253 e. The molecule has 0 aliphatic carbocycles.